The Bertz CT molecular complexity index is 1050. The number of nitrogens with one attached hydrogen (secondary N) is 1. The topological polar surface area (TPSA) is 95.9 Å². The average molecular weight is 812 g/mol. The lowest BCUT2D eigenvalue weighted by Gasteiger charge is -2.24. The molecule has 3 atom stereocenters. The van der Waals surface area contributed by atoms with Crippen LogP contribution in [0.4, 0.5) is 0 Å². The lowest BCUT2D eigenvalue weighted by molar-refractivity contribution is -0.151. The highest BCUT2D eigenvalue weighted by atomic mass is 16.5. The summed E-state index contributed by atoms with van der Waals surface area (Å²) >= 11 is 0. The minimum atomic E-state index is -0.795. The first-order valence-electron chi connectivity index (χ1n) is 24.5. The van der Waals surface area contributed by atoms with Crippen molar-refractivity contribution in [1.29, 1.82) is 0 Å². The SMILES string of the molecule is CC/C=C/C/C=C/CCCCCCCC(CC(=O)NC(CO)C(O)CCCCCCCCCCCC)OC(=O)CCCCCC/C=C\C/C=C\C/C=C\CCCCC. The third-order valence-corrected chi connectivity index (χ3v) is 10.8. The molecule has 0 aliphatic heterocycles. The summed E-state index contributed by atoms with van der Waals surface area (Å²) in [6.45, 7) is 6.32. The van der Waals surface area contributed by atoms with Crippen molar-refractivity contribution >= 4 is 11.9 Å². The summed E-state index contributed by atoms with van der Waals surface area (Å²) in [5, 5.41) is 23.7. The maximum absolute atomic E-state index is 13.1. The molecular weight excluding hydrogens is 719 g/mol. The fourth-order valence-electron chi connectivity index (χ4n) is 7.12. The molecule has 0 bridgehead atoms. The molecule has 0 aromatic rings. The molecule has 6 heteroatoms. The Morgan fingerprint density at radius 3 is 1.45 bits per heavy atom. The number of hydrogen-bond donors (Lipinski definition) is 3. The maximum atomic E-state index is 13.1. The predicted octanol–water partition coefficient (Wildman–Crippen LogP) is 14.5. The number of rotatable bonds is 43. The second-order valence-electron chi connectivity index (χ2n) is 16.5. The first-order valence-corrected chi connectivity index (χ1v) is 24.5. The molecule has 3 N–H and O–H groups in total. The van der Waals surface area contributed by atoms with Crippen molar-refractivity contribution in [2.75, 3.05) is 6.61 Å². The van der Waals surface area contributed by atoms with E-state index in [2.05, 4.69) is 86.8 Å². The van der Waals surface area contributed by atoms with Gasteiger partial charge >= 0.3 is 5.97 Å². The number of ether oxygens (including phenoxy) is 1. The van der Waals surface area contributed by atoms with E-state index in [-0.39, 0.29) is 24.9 Å². The number of aliphatic hydroxyl groups is 2. The lowest BCUT2D eigenvalue weighted by atomic mass is 10.0. The van der Waals surface area contributed by atoms with Crippen LogP contribution in [0, 0.1) is 0 Å². The van der Waals surface area contributed by atoms with Gasteiger partial charge in [0.2, 0.25) is 5.91 Å². The van der Waals surface area contributed by atoms with Crippen LogP contribution < -0.4 is 5.32 Å². The Kier molecular flexibility index (Phi) is 43.7. The number of hydrogen-bond acceptors (Lipinski definition) is 5. The Hall–Kier alpha value is -2.44. The summed E-state index contributed by atoms with van der Waals surface area (Å²) in [7, 11) is 0. The molecule has 336 valence electrons. The fourth-order valence-corrected chi connectivity index (χ4v) is 7.12. The highest BCUT2D eigenvalue weighted by Crippen LogP contribution is 2.17. The number of esters is 1. The Labute approximate surface area is 358 Å². The monoisotopic (exact) mass is 812 g/mol. The number of aliphatic hydroxyl groups excluding tert-OH is 2. The van der Waals surface area contributed by atoms with Crippen LogP contribution in [0.5, 0.6) is 0 Å². The highest BCUT2D eigenvalue weighted by molar-refractivity contribution is 5.77. The number of unbranched alkanes of at least 4 members (excludes halogenated alkanes) is 21. The zero-order valence-electron chi connectivity index (χ0n) is 38.2. The van der Waals surface area contributed by atoms with E-state index in [4.69, 9.17) is 4.74 Å². The zero-order chi connectivity index (χ0) is 42.4. The van der Waals surface area contributed by atoms with Crippen LogP contribution in [0.15, 0.2) is 60.8 Å². The molecule has 0 fully saturated rings. The van der Waals surface area contributed by atoms with Crippen LogP contribution in [-0.4, -0.2) is 46.9 Å². The second kappa shape index (κ2) is 45.6. The largest absolute Gasteiger partial charge is 0.462 e. The van der Waals surface area contributed by atoms with E-state index >= 15 is 0 Å². The summed E-state index contributed by atoms with van der Waals surface area (Å²) in [5.41, 5.74) is 0. The molecule has 0 aromatic carbocycles. The van der Waals surface area contributed by atoms with E-state index in [1.54, 1.807) is 0 Å². The standard InChI is InChI=1S/C52H93NO5/c1-4-7-10-13-16-19-22-24-25-26-27-28-30-33-36-39-42-45-52(57)58-48(43-40-37-34-31-29-23-20-17-14-11-8-5-2)46-51(56)53-49(47-54)50(55)44-41-38-35-32-21-18-15-12-9-6-3/h8,11,16-17,19-20,24-25,27-28,48-50,54-55H,4-7,9-10,12-15,18,21-23,26,29-47H2,1-3H3,(H,53,56)/b11-8+,19-16-,20-17+,25-24-,28-27-. The lowest BCUT2D eigenvalue weighted by Crippen LogP contribution is -2.46. The van der Waals surface area contributed by atoms with Gasteiger partial charge in [0.15, 0.2) is 0 Å². The van der Waals surface area contributed by atoms with Gasteiger partial charge < -0.3 is 20.3 Å². The molecule has 0 aromatic heterocycles. The van der Waals surface area contributed by atoms with Gasteiger partial charge in [-0.1, -0.05) is 191 Å². The second-order valence-corrected chi connectivity index (χ2v) is 16.5. The molecule has 0 saturated heterocycles. The summed E-state index contributed by atoms with van der Waals surface area (Å²) in [6, 6.07) is -0.710. The minimum absolute atomic E-state index is 0.0573. The molecule has 0 spiro atoms. The molecule has 6 nitrogen and oxygen atoms in total. The van der Waals surface area contributed by atoms with Gasteiger partial charge in [0.05, 0.1) is 25.2 Å². The molecule has 0 radical (unpaired) electrons. The summed E-state index contributed by atoms with van der Waals surface area (Å²) < 4.78 is 5.90. The third kappa shape index (κ3) is 40.3. The highest BCUT2D eigenvalue weighted by Gasteiger charge is 2.24. The van der Waals surface area contributed by atoms with Crippen LogP contribution in [0.3, 0.4) is 0 Å². The maximum Gasteiger partial charge on any atom is 0.306 e. The quantitative estimate of drug-likeness (QED) is 0.0324. The van der Waals surface area contributed by atoms with Crippen molar-refractivity contribution in [2.45, 2.75) is 251 Å². The van der Waals surface area contributed by atoms with E-state index in [0.717, 1.165) is 103 Å². The molecule has 0 aliphatic carbocycles. The van der Waals surface area contributed by atoms with Crippen molar-refractivity contribution in [3.8, 4) is 0 Å². The third-order valence-electron chi connectivity index (χ3n) is 10.8. The van der Waals surface area contributed by atoms with Crippen LogP contribution in [0.25, 0.3) is 0 Å². The molecule has 0 saturated carbocycles. The van der Waals surface area contributed by atoms with Crippen LogP contribution in [0.2, 0.25) is 0 Å². The van der Waals surface area contributed by atoms with Gasteiger partial charge in [-0.25, -0.2) is 0 Å². The number of allylic oxidation sites excluding steroid dienone is 10. The average Bonchev–Trinajstić information content (AvgIpc) is 3.22. The van der Waals surface area contributed by atoms with E-state index in [1.165, 1.54) is 83.5 Å². The molecular formula is C52H93NO5. The van der Waals surface area contributed by atoms with Gasteiger partial charge in [0.25, 0.3) is 0 Å². The zero-order valence-corrected chi connectivity index (χ0v) is 38.2. The summed E-state index contributed by atoms with van der Waals surface area (Å²) in [6.07, 6.45) is 55.6. The van der Waals surface area contributed by atoms with Gasteiger partial charge in [0, 0.05) is 6.42 Å². The van der Waals surface area contributed by atoms with Crippen molar-refractivity contribution in [2.24, 2.45) is 0 Å². The fraction of sp³-hybridized carbons (Fsp3) is 0.769. The smallest absolute Gasteiger partial charge is 0.306 e. The van der Waals surface area contributed by atoms with E-state index in [1.807, 2.05) is 0 Å². The predicted molar refractivity (Wildman–Crippen MR) is 250 cm³/mol. The minimum Gasteiger partial charge on any atom is -0.462 e. The van der Waals surface area contributed by atoms with E-state index in [9.17, 15) is 19.8 Å². The van der Waals surface area contributed by atoms with E-state index in [0.29, 0.717) is 19.3 Å². The van der Waals surface area contributed by atoms with E-state index < -0.39 is 18.2 Å². The number of carbonyl (C=O) groups is 2. The Balaban J connectivity index is 4.62. The first-order chi connectivity index (χ1) is 28.5. The van der Waals surface area contributed by atoms with Crippen LogP contribution >= 0.6 is 0 Å². The van der Waals surface area contributed by atoms with Gasteiger partial charge in [-0.3, -0.25) is 9.59 Å². The van der Waals surface area contributed by atoms with Crippen molar-refractivity contribution < 1.29 is 24.5 Å². The molecule has 0 aliphatic rings. The summed E-state index contributed by atoms with van der Waals surface area (Å²) in [5.74, 6) is -0.515. The first kappa shape index (κ1) is 55.6. The van der Waals surface area contributed by atoms with Gasteiger partial charge in [-0.15, -0.1) is 0 Å². The van der Waals surface area contributed by atoms with Gasteiger partial charge in [-0.05, 0) is 89.9 Å². The number of carbonyl (C=O) groups excluding carboxylic acids is 2. The molecule has 58 heavy (non-hydrogen) atoms. The number of amides is 1. The van der Waals surface area contributed by atoms with Crippen molar-refractivity contribution in [3.63, 3.8) is 0 Å². The Morgan fingerprint density at radius 1 is 0.517 bits per heavy atom. The molecule has 1 amide bonds. The summed E-state index contributed by atoms with van der Waals surface area (Å²) in [4.78, 5) is 26.1. The van der Waals surface area contributed by atoms with Crippen LogP contribution in [-0.2, 0) is 14.3 Å². The molecule has 0 rings (SSSR count). The van der Waals surface area contributed by atoms with Gasteiger partial charge in [0.1, 0.15) is 6.10 Å². The van der Waals surface area contributed by atoms with Crippen LogP contribution in [0.1, 0.15) is 233 Å². The van der Waals surface area contributed by atoms with Crippen molar-refractivity contribution in [3.05, 3.63) is 60.8 Å². The normalized spacial score (nSPS) is 13.8. The molecule has 0 heterocycles. The van der Waals surface area contributed by atoms with Gasteiger partial charge in [-0.2, -0.15) is 0 Å². The van der Waals surface area contributed by atoms with Crippen molar-refractivity contribution in [1.82, 2.24) is 5.32 Å². The Morgan fingerprint density at radius 2 is 0.931 bits per heavy atom. The molecule has 3 unspecified atom stereocenters.